The van der Waals surface area contributed by atoms with Crippen molar-refractivity contribution in [1.82, 2.24) is 14.3 Å². The Labute approximate surface area is 83.6 Å². The second-order valence-electron chi connectivity index (χ2n) is 2.31. The first-order chi connectivity index (χ1) is 6.29. The molecule has 0 aliphatic carbocycles. The lowest BCUT2D eigenvalue weighted by Gasteiger charge is -2.00. The van der Waals surface area contributed by atoms with Gasteiger partial charge in [0, 0.05) is 5.38 Å². The summed E-state index contributed by atoms with van der Waals surface area (Å²) in [6, 6.07) is 1.83. The van der Waals surface area contributed by atoms with Crippen molar-refractivity contribution in [3.63, 3.8) is 0 Å². The van der Waals surface area contributed by atoms with Gasteiger partial charge in [-0.25, -0.2) is 9.97 Å². The summed E-state index contributed by atoms with van der Waals surface area (Å²) < 4.78 is 4.10. The molecular formula is C7H5ClN4S. The number of hydrogen-bond donors (Lipinski definition) is 1. The molecule has 0 fully saturated rings. The van der Waals surface area contributed by atoms with Gasteiger partial charge in [-0.2, -0.15) is 4.37 Å². The maximum atomic E-state index is 5.73. The van der Waals surface area contributed by atoms with Crippen molar-refractivity contribution < 1.29 is 0 Å². The van der Waals surface area contributed by atoms with E-state index < -0.39 is 0 Å². The maximum absolute atomic E-state index is 5.73. The summed E-state index contributed by atoms with van der Waals surface area (Å²) in [4.78, 5) is 7.76. The molecule has 4 nitrogen and oxygen atoms in total. The molecule has 0 aromatic carbocycles. The minimum atomic E-state index is 0.262. The zero-order valence-corrected chi connectivity index (χ0v) is 8.01. The van der Waals surface area contributed by atoms with E-state index >= 15 is 0 Å². The second-order valence-corrected chi connectivity index (χ2v) is 3.34. The Balaban J connectivity index is 2.59. The number of nitrogens with zero attached hydrogens (tertiary/aromatic N) is 3. The van der Waals surface area contributed by atoms with Crippen molar-refractivity contribution in [2.24, 2.45) is 0 Å². The molecule has 0 unspecified atom stereocenters. The van der Waals surface area contributed by atoms with E-state index in [1.165, 1.54) is 17.9 Å². The van der Waals surface area contributed by atoms with E-state index in [0.717, 1.165) is 5.69 Å². The molecule has 0 aliphatic heterocycles. The smallest absolute Gasteiger partial charge is 0.156 e. The number of halogens is 1. The highest BCUT2D eigenvalue weighted by Gasteiger charge is 2.09. The van der Waals surface area contributed by atoms with E-state index in [4.69, 9.17) is 17.3 Å². The number of nitrogen functional groups attached to an aromatic ring is 1. The van der Waals surface area contributed by atoms with Gasteiger partial charge in [0.1, 0.15) is 17.7 Å². The van der Waals surface area contributed by atoms with E-state index in [1.54, 1.807) is 0 Å². The van der Waals surface area contributed by atoms with Crippen LogP contribution in [0.3, 0.4) is 0 Å². The van der Waals surface area contributed by atoms with Gasteiger partial charge in [-0.15, -0.1) is 0 Å². The summed E-state index contributed by atoms with van der Waals surface area (Å²) in [5.41, 5.74) is 7.36. The molecular weight excluding hydrogens is 208 g/mol. The van der Waals surface area contributed by atoms with Crippen molar-refractivity contribution >= 4 is 28.8 Å². The summed E-state index contributed by atoms with van der Waals surface area (Å²) in [5, 5.41) is 2.11. The first kappa shape index (κ1) is 8.40. The van der Waals surface area contributed by atoms with E-state index in [9.17, 15) is 0 Å². The van der Waals surface area contributed by atoms with E-state index in [1.807, 2.05) is 11.4 Å². The van der Waals surface area contributed by atoms with Crippen molar-refractivity contribution in [2.75, 3.05) is 5.73 Å². The van der Waals surface area contributed by atoms with Crippen LogP contribution < -0.4 is 5.73 Å². The van der Waals surface area contributed by atoms with Crippen LogP contribution in [-0.4, -0.2) is 14.3 Å². The van der Waals surface area contributed by atoms with Gasteiger partial charge in [0.2, 0.25) is 0 Å². The molecule has 0 atom stereocenters. The van der Waals surface area contributed by atoms with Crippen LogP contribution in [0.25, 0.3) is 11.4 Å². The predicted octanol–water partition coefficient (Wildman–Crippen LogP) is 1.84. The molecule has 0 aliphatic rings. The summed E-state index contributed by atoms with van der Waals surface area (Å²) in [6.45, 7) is 0. The summed E-state index contributed by atoms with van der Waals surface area (Å²) >= 11 is 7.07. The Morgan fingerprint density at radius 3 is 2.92 bits per heavy atom. The molecule has 6 heteroatoms. The zero-order chi connectivity index (χ0) is 9.26. The minimum absolute atomic E-state index is 0.262. The Kier molecular flexibility index (Phi) is 2.12. The summed E-state index contributed by atoms with van der Waals surface area (Å²) in [7, 11) is 0. The standard InChI is InChI=1S/C7H5ClN4S/c8-7-5(9)6(10-3-11-7)4-1-2-13-12-4/h1-3H,9H2. The zero-order valence-electron chi connectivity index (χ0n) is 6.44. The van der Waals surface area contributed by atoms with E-state index in [-0.39, 0.29) is 5.15 Å². The fraction of sp³-hybridized carbons (Fsp3) is 0. The molecule has 0 radical (unpaired) electrons. The van der Waals surface area contributed by atoms with Gasteiger partial charge in [0.05, 0.1) is 5.69 Å². The van der Waals surface area contributed by atoms with Crippen LogP contribution in [-0.2, 0) is 0 Å². The Morgan fingerprint density at radius 1 is 1.38 bits per heavy atom. The van der Waals surface area contributed by atoms with Crippen molar-refractivity contribution in [3.8, 4) is 11.4 Å². The highest BCUT2D eigenvalue weighted by Crippen LogP contribution is 2.26. The highest BCUT2D eigenvalue weighted by molar-refractivity contribution is 7.03. The fourth-order valence-corrected chi connectivity index (χ4v) is 1.56. The number of hydrogen-bond acceptors (Lipinski definition) is 5. The SMILES string of the molecule is Nc1c(Cl)ncnc1-c1ccsn1. The molecule has 13 heavy (non-hydrogen) atoms. The van der Waals surface area contributed by atoms with Gasteiger partial charge >= 0.3 is 0 Å². The number of anilines is 1. The first-order valence-electron chi connectivity index (χ1n) is 3.46. The third-order valence-electron chi connectivity index (χ3n) is 1.52. The minimum Gasteiger partial charge on any atom is -0.394 e. The fourth-order valence-electron chi connectivity index (χ4n) is 0.913. The van der Waals surface area contributed by atoms with Gasteiger partial charge in [0.15, 0.2) is 5.15 Å². The molecule has 2 aromatic rings. The van der Waals surface area contributed by atoms with Crippen LogP contribution >= 0.6 is 23.1 Å². The van der Waals surface area contributed by atoms with Crippen LogP contribution in [0.1, 0.15) is 0 Å². The molecule has 66 valence electrons. The molecule has 2 N–H and O–H groups in total. The van der Waals surface area contributed by atoms with Crippen molar-refractivity contribution in [2.45, 2.75) is 0 Å². The third-order valence-corrected chi connectivity index (χ3v) is 2.38. The van der Waals surface area contributed by atoms with Crippen LogP contribution in [0.5, 0.6) is 0 Å². The van der Waals surface area contributed by atoms with Gasteiger partial charge in [0.25, 0.3) is 0 Å². The molecule has 0 saturated carbocycles. The quantitative estimate of drug-likeness (QED) is 0.733. The van der Waals surface area contributed by atoms with Crippen LogP contribution in [0, 0.1) is 0 Å². The summed E-state index contributed by atoms with van der Waals surface area (Å²) in [6.07, 6.45) is 1.37. The van der Waals surface area contributed by atoms with E-state index in [2.05, 4.69) is 14.3 Å². The normalized spacial score (nSPS) is 10.2. The van der Waals surface area contributed by atoms with Crippen molar-refractivity contribution in [3.05, 3.63) is 22.9 Å². The van der Waals surface area contributed by atoms with E-state index in [0.29, 0.717) is 11.4 Å². The molecule has 0 bridgehead atoms. The number of rotatable bonds is 1. The van der Waals surface area contributed by atoms with Crippen molar-refractivity contribution in [1.29, 1.82) is 0 Å². The summed E-state index contributed by atoms with van der Waals surface area (Å²) in [5.74, 6) is 0. The average Bonchev–Trinajstić information content (AvgIpc) is 2.62. The predicted molar refractivity (Wildman–Crippen MR) is 52.6 cm³/mol. The molecule has 0 saturated heterocycles. The maximum Gasteiger partial charge on any atom is 0.156 e. The van der Waals surface area contributed by atoms with Gasteiger partial charge < -0.3 is 5.73 Å². The molecule has 2 rings (SSSR count). The Morgan fingerprint density at radius 2 is 2.23 bits per heavy atom. The molecule has 0 spiro atoms. The topological polar surface area (TPSA) is 64.7 Å². The highest BCUT2D eigenvalue weighted by atomic mass is 35.5. The van der Waals surface area contributed by atoms with Gasteiger partial charge in [-0.05, 0) is 17.6 Å². The average molecular weight is 213 g/mol. The largest absolute Gasteiger partial charge is 0.394 e. The number of nitrogens with two attached hydrogens (primary N) is 1. The lowest BCUT2D eigenvalue weighted by Crippen LogP contribution is -1.96. The van der Waals surface area contributed by atoms with Crippen LogP contribution in [0.4, 0.5) is 5.69 Å². The van der Waals surface area contributed by atoms with Crippen LogP contribution in [0.2, 0.25) is 5.15 Å². The van der Waals surface area contributed by atoms with Crippen LogP contribution in [0.15, 0.2) is 17.8 Å². The lowest BCUT2D eigenvalue weighted by atomic mass is 10.3. The Hall–Kier alpha value is -1.20. The monoisotopic (exact) mass is 212 g/mol. The number of aromatic nitrogens is 3. The lowest BCUT2D eigenvalue weighted by molar-refractivity contribution is 1.17. The third kappa shape index (κ3) is 1.48. The van der Waals surface area contributed by atoms with Gasteiger partial charge in [-0.3, -0.25) is 0 Å². The molecule has 2 aromatic heterocycles. The van der Waals surface area contributed by atoms with Gasteiger partial charge in [-0.1, -0.05) is 11.6 Å². The Bertz CT molecular complexity index is 414. The molecule has 2 heterocycles. The molecule has 0 amide bonds. The second kappa shape index (κ2) is 3.27. The first-order valence-corrected chi connectivity index (χ1v) is 4.67.